The number of amides is 1. The Morgan fingerprint density at radius 2 is 1.71 bits per heavy atom. The van der Waals surface area contributed by atoms with E-state index in [0.717, 1.165) is 35.3 Å². The topological polar surface area (TPSA) is 84.3 Å². The van der Waals surface area contributed by atoms with Crippen molar-refractivity contribution in [3.8, 4) is 0 Å². The van der Waals surface area contributed by atoms with E-state index in [9.17, 15) is 13.2 Å². The number of rotatable bonds is 5. The molecule has 1 aromatic heterocycles. The molecule has 0 spiro atoms. The van der Waals surface area contributed by atoms with Gasteiger partial charge in [-0.05, 0) is 68.3 Å². The highest BCUT2D eigenvalue weighted by Crippen LogP contribution is 2.34. The van der Waals surface area contributed by atoms with Gasteiger partial charge in [-0.1, -0.05) is 29.8 Å². The molecule has 1 atom stereocenters. The fraction of sp³-hybridized carbons (Fsp3) is 0.231. The molecule has 7 nitrogen and oxygen atoms in total. The number of nitrogens with zero attached hydrogens (tertiary/aromatic N) is 3. The minimum atomic E-state index is -3.75. The van der Waals surface area contributed by atoms with Crippen LogP contribution in [0.1, 0.15) is 40.6 Å². The summed E-state index contributed by atoms with van der Waals surface area (Å²) in [6.45, 7) is 2.58. The summed E-state index contributed by atoms with van der Waals surface area (Å²) in [7, 11) is -1.77. The molecule has 4 aromatic rings. The Morgan fingerprint density at radius 3 is 2.41 bits per heavy atom. The summed E-state index contributed by atoms with van der Waals surface area (Å²) in [5.41, 5.74) is 3.94. The Kier molecular flexibility index (Phi) is 5.61. The number of hydrogen-bond donors (Lipinski definition) is 1. The molecule has 34 heavy (non-hydrogen) atoms. The highest BCUT2D eigenvalue weighted by atomic mass is 32.2. The molecule has 1 saturated heterocycles. The van der Waals surface area contributed by atoms with Gasteiger partial charge in [-0.25, -0.2) is 13.4 Å². The minimum Gasteiger partial charge on any atom is -0.329 e. The van der Waals surface area contributed by atoms with E-state index in [0.29, 0.717) is 17.8 Å². The molecule has 1 aliphatic heterocycles. The predicted octanol–water partition coefficient (Wildman–Crippen LogP) is 4.66. The van der Waals surface area contributed by atoms with E-state index in [2.05, 4.69) is 9.29 Å². The zero-order valence-electron chi connectivity index (χ0n) is 19.1. The fourth-order valence-corrected chi connectivity index (χ4v) is 5.58. The van der Waals surface area contributed by atoms with Gasteiger partial charge in [0, 0.05) is 24.8 Å². The van der Waals surface area contributed by atoms with Crippen molar-refractivity contribution in [1.29, 1.82) is 0 Å². The van der Waals surface area contributed by atoms with Gasteiger partial charge in [0.05, 0.1) is 22.0 Å². The van der Waals surface area contributed by atoms with Gasteiger partial charge in [-0.3, -0.25) is 9.52 Å². The van der Waals surface area contributed by atoms with Crippen molar-refractivity contribution in [3.05, 3.63) is 89.7 Å². The van der Waals surface area contributed by atoms with Crippen LogP contribution in [0, 0.1) is 6.92 Å². The lowest BCUT2D eigenvalue weighted by Gasteiger charge is -2.24. The number of anilines is 1. The molecule has 8 heteroatoms. The van der Waals surface area contributed by atoms with Crippen LogP contribution in [-0.2, 0) is 17.1 Å². The highest BCUT2D eigenvalue weighted by molar-refractivity contribution is 7.92. The molecule has 3 aromatic carbocycles. The molecule has 0 unspecified atom stereocenters. The lowest BCUT2D eigenvalue weighted by Crippen LogP contribution is -2.31. The molecule has 0 radical (unpaired) electrons. The standard InChI is InChI=1S/C26H26N4O3S/c1-18-9-13-20(14-10-18)28-34(32,33)21-15-11-19(12-16-21)26(31)30-17-5-8-24(30)25-27-22-6-3-4-7-23(22)29(25)2/h3-4,6-7,9-16,24,28H,5,8,17H2,1-2H3/t24-/m1/s1. The van der Waals surface area contributed by atoms with Crippen LogP contribution in [0.2, 0.25) is 0 Å². The Hall–Kier alpha value is -3.65. The Balaban J connectivity index is 1.37. The van der Waals surface area contributed by atoms with E-state index in [-0.39, 0.29) is 16.8 Å². The SMILES string of the molecule is Cc1ccc(NS(=O)(=O)c2ccc(C(=O)N3CCC[C@@H]3c3nc4ccccc4n3C)cc2)cc1. The van der Waals surface area contributed by atoms with Gasteiger partial charge >= 0.3 is 0 Å². The number of hydrogen-bond acceptors (Lipinski definition) is 4. The number of imidazole rings is 1. The molecule has 1 fully saturated rings. The average Bonchev–Trinajstić information content (AvgIpc) is 3.45. The van der Waals surface area contributed by atoms with Crippen molar-refractivity contribution < 1.29 is 13.2 Å². The number of sulfonamides is 1. The second-order valence-corrected chi connectivity index (χ2v) is 10.4. The summed E-state index contributed by atoms with van der Waals surface area (Å²) < 4.78 is 30.2. The average molecular weight is 475 g/mol. The van der Waals surface area contributed by atoms with E-state index in [1.807, 2.05) is 55.3 Å². The Labute approximate surface area is 199 Å². The fourth-order valence-electron chi connectivity index (χ4n) is 4.52. The molecule has 0 saturated carbocycles. The second kappa shape index (κ2) is 8.61. The molecular formula is C26H26N4O3S. The molecule has 5 rings (SSSR count). The summed E-state index contributed by atoms with van der Waals surface area (Å²) in [4.78, 5) is 20.1. The van der Waals surface area contributed by atoms with Crippen molar-refractivity contribution in [2.45, 2.75) is 30.7 Å². The van der Waals surface area contributed by atoms with E-state index in [1.165, 1.54) is 12.1 Å². The van der Waals surface area contributed by atoms with Gasteiger partial charge in [0.15, 0.2) is 0 Å². The van der Waals surface area contributed by atoms with Gasteiger partial charge in [-0.15, -0.1) is 0 Å². The number of aryl methyl sites for hydroxylation is 2. The summed E-state index contributed by atoms with van der Waals surface area (Å²) >= 11 is 0. The minimum absolute atomic E-state index is 0.109. The zero-order chi connectivity index (χ0) is 23.9. The van der Waals surface area contributed by atoms with Gasteiger partial charge in [0.2, 0.25) is 0 Å². The van der Waals surface area contributed by atoms with Crippen LogP contribution >= 0.6 is 0 Å². The first kappa shape index (κ1) is 22.2. The largest absolute Gasteiger partial charge is 0.329 e. The van der Waals surface area contributed by atoms with Crippen molar-refractivity contribution in [1.82, 2.24) is 14.5 Å². The maximum atomic E-state index is 13.4. The maximum Gasteiger partial charge on any atom is 0.261 e. The second-order valence-electron chi connectivity index (χ2n) is 8.67. The first-order chi connectivity index (χ1) is 16.3. The molecular weight excluding hydrogens is 448 g/mol. The van der Waals surface area contributed by atoms with Crippen LogP contribution in [0.3, 0.4) is 0 Å². The van der Waals surface area contributed by atoms with Gasteiger partial charge in [-0.2, -0.15) is 0 Å². The van der Waals surface area contributed by atoms with Crippen molar-refractivity contribution >= 4 is 32.7 Å². The monoisotopic (exact) mass is 474 g/mol. The number of carbonyl (C=O) groups is 1. The molecule has 1 amide bonds. The van der Waals surface area contributed by atoms with Crippen molar-refractivity contribution in [3.63, 3.8) is 0 Å². The van der Waals surface area contributed by atoms with E-state index >= 15 is 0 Å². The third-order valence-corrected chi connectivity index (χ3v) is 7.75. The number of fused-ring (bicyclic) bond motifs is 1. The summed E-state index contributed by atoms with van der Waals surface area (Å²) in [5, 5.41) is 0. The zero-order valence-corrected chi connectivity index (χ0v) is 19.9. The summed E-state index contributed by atoms with van der Waals surface area (Å²) in [6.07, 6.45) is 1.74. The van der Waals surface area contributed by atoms with Crippen LogP contribution in [0.5, 0.6) is 0 Å². The number of aromatic nitrogens is 2. The van der Waals surface area contributed by atoms with Crippen LogP contribution in [0.4, 0.5) is 5.69 Å². The lowest BCUT2D eigenvalue weighted by molar-refractivity contribution is 0.0728. The van der Waals surface area contributed by atoms with Crippen molar-refractivity contribution in [2.75, 3.05) is 11.3 Å². The molecule has 0 aliphatic carbocycles. The lowest BCUT2D eigenvalue weighted by atomic mass is 10.1. The quantitative estimate of drug-likeness (QED) is 0.456. The number of benzene rings is 3. The molecule has 1 aliphatic rings. The van der Waals surface area contributed by atoms with Crippen molar-refractivity contribution in [2.24, 2.45) is 7.05 Å². The third kappa shape index (κ3) is 4.05. The number of carbonyl (C=O) groups excluding carboxylic acids is 1. The smallest absolute Gasteiger partial charge is 0.261 e. The van der Waals surface area contributed by atoms with Crippen LogP contribution in [0.25, 0.3) is 11.0 Å². The maximum absolute atomic E-state index is 13.4. The molecule has 1 N–H and O–H groups in total. The predicted molar refractivity (Wildman–Crippen MR) is 132 cm³/mol. The Bertz CT molecular complexity index is 1460. The van der Waals surface area contributed by atoms with E-state index in [4.69, 9.17) is 4.98 Å². The van der Waals surface area contributed by atoms with Crippen LogP contribution < -0.4 is 4.72 Å². The molecule has 0 bridgehead atoms. The molecule has 2 heterocycles. The van der Waals surface area contributed by atoms with Gasteiger partial charge in [0.1, 0.15) is 5.82 Å². The van der Waals surface area contributed by atoms with E-state index < -0.39 is 10.0 Å². The first-order valence-electron chi connectivity index (χ1n) is 11.3. The summed E-state index contributed by atoms with van der Waals surface area (Å²) in [6, 6.07) is 21.1. The van der Waals surface area contributed by atoms with Crippen LogP contribution in [0.15, 0.2) is 77.7 Å². The Morgan fingerprint density at radius 1 is 1.00 bits per heavy atom. The van der Waals surface area contributed by atoms with Gasteiger partial charge < -0.3 is 9.47 Å². The normalized spacial score (nSPS) is 16.2. The molecule has 174 valence electrons. The number of likely N-dealkylation sites (tertiary alicyclic amines) is 1. The van der Waals surface area contributed by atoms with Crippen LogP contribution in [-0.4, -0.2) is 35.3 Å². The first-order valence-corrected chi connectivity index (χ1v) is 12.7. The highest BCUT2D eigenvalue weighted by Gasteiger charge is 2.33. The summed E-state index contributed by atoms with van der Waals surface area (Å²) in [5.74, 6) is 0.749. The third-order valence-electron chi connectivity index (χ3n) is 6.35. The van der Waals surface area contributed by atoms with Gasteiger partial charge in [0.25, 0.3) is 15.9 Å². The number of para-hydroxylation sites is 2. The number of nitrogens with one attached hydrogen (secondary N) is 1. The van der Waals surface area contributed by atoms with E-state index in [1.54, 1.807) is 24.3 Å².